The quantitative estimate of drug-likeness (QED) is 0.0562. The minimum absolute atomic E-state index is 0.0675. The van der Waals surface area contributed by atoms with Crippen molar-refractivity contribution in [1.82, 2.24) is 0 Å². The molecule has 0 amide bonds. The maximum absolute atomic E-state index is 11.1. The van der Waals surface area contributed by atoms with E-state index < -0.39 is 8.32 Å². The molecule has 37 heavy (non-hydrogen) atoms. The molecule has 3 nitrogen and oxygen atoms in total. The van der Waals surface area contributed by atoms with Crippen molar-refractivity contribution in [2.75, 3.05) is 13.7 Å². The molecule has 1 atom stereocenters. The van der Waals surface area contributed by atoms with Gasteiger partial charge >= 0.3 is 5.97 Å². The molecule has 0 aliphatic rings. The Kier molecular flexibility index (Phi) is 24.4. The number of carbonyl (C=O) groups is 1. The van der Waals surface area contributed by atoms with Gasteiger partial charge in [-0.25, -0.2) is 0 Å². The molecule has 0 aromatic carbocycles. The summed E-state index contributed by atoms with van der Waals surface area (Å²) >= 11 is 0. The molecule has 0 spiro atoms. The van der Waals surface area contributed by atoms with Gasteiger partial charge in [0, 0.05) is 13.0 Å². The van der Waals surface area contributed by atoms with Crippen molar-refractivity contribution in [3.05, 3.63) is 0 Å². The van der Waals surface area contributed by atoms with E-state index in [9.17, 15) is 4.79 Å². The number of hydrogen-bond acceptors (Lipinski definition) is 3. The van der Waals surface area contributed by atoms with Gasteiger partial charge in [-0.2, -0.15) is 0 Å². The normalized spacial score (nSPS) is 13.6. The summed E-state index contributed by atoms with van der Waals surface area (Å²) in [6.07, 6.45) is 29.6. The molecular weight excluding hydrogens is 472 g/mol. The van der Waals surface area contributed by atoms with E-state index in [2.05, 4.69) is 34.2 Å². The van der Waals surface area contributed by atoms with Gasteiger partial charge in [0.05, 0.1) is 7.11 Å². The molecule has 0 N–H and O–H groups in total. The molecule has 0 saturated carbocycles. The van der Waals surface area contributed by atoms with Gasteiger partial charge in [0.15, 0.2) is 8.32 Å². The Balaban J connectivity index is 4.44. The second-order valence-corrected chi connectivity index (χ2v) is 16.3. The Morgan fingerprint density at radius 1 is 0.595 bits per heavy atom. The van der Waals surface area contributed by atoms with Crippen LogP contribution in [0.2, 0.25) is 17.6 Å². The first-order chi connectivity index (χ1) is 17.9. The lowest BCUT2D eigenvalue weighted by Crippen LogP contribution is -2.49. The van der Waals surface area contributed by atoms with Crippen molar-refractivity contribution in [3.63, 3.8) is 0 Å². The van der Waals surface area contributed by atoms with Gasteiger partial charge in [0.1, 0.15) is 0 Å². The Bertz CT molecular complexity index is 488. The van der Waals surface area contributed by atoms with Gasteiger partial charge < -0.3 is 9.16 Å². The van der Waals surface area contributed by atoms with Crippen LogP contribution in [0.4, 0.5) is 0 Å². The highest BCUT2D eigenvalue weighted by Crippen LogP contribution is 2.54. The third-order valence-electron chi connectivity index (χ3n) is 8.83. The van der Waals surface area contributed by atoms with Crippen LogP contribution in [0, 0.1) is 0 Å². The highest BCUT2D eigenvalue weighted by Gasteiger charge is 2.49. The van der Waals surface area contributed by atoms with E-state index in [1.54, 1.807) is 0 Å². The number of ether oxygens (including phenoxy) is 1. The average Bonchev–Trinajstić information content (AvgIpc) is 2.91. The van der Waals surface area contributed by atoms with Crippen molar-refractivity contribution in [2.45, 2.75) is 193 Å². The van der Waals surface area contributed by atoms with E-state index in [0.717, 1.165) is 19.4 Å². The third kappa shape index (κ3) is 17.1. The number of methoxy groups -OCH3 is 1. The van der Waals surface area contributed by atoms with Crippen LogP contribution in [0.3, 0.4) is 0 Å². The summed E-state index contributed by atoms with van der Waals surface area (Å²) < 4.78 is 11.8. The van der Waals surface area contributed by atoms with Gasteiger partial charge in [0.2, 0.25) is 0 Å². The summed E-state index contributed by atoms with van der Waals surface area (Å²) in [6.45, 7) is 13.1. The molecule has 4 heteroatoms. The lowest BCUT2D eigenvalue weighted by Gasteiger charge is -2.48. The van der Waals surface area contributed by atoms with Crippen LogP contribution < -0.4 is 0 Å². The second kappa shape index (κ2) is 24.7. The van der Waals surface area contributed by atoms with Crippen LogP contribution in [0.15, 0.2) is 0 Å². The zero-order chi connectivity index (χ0) is 27.7. The Morgan fingerprint density at radius 2 is 1.00 bits per heavy atom. The van der Waals surface area contributed by atoms with Gasteiger partial charge in [-0.3, -0.25) is 4.79 Å². The summed E-state index contributed by atoms with van der Waals surface area (Å²) in [5, 5.41) is 0.490. The van der Waals surface area contributed by atoms with Gasteiger partial charge in [-0.05, 0) is 49.7 Å². The fourth-order valence-corrected chi connectivity index (χ4v) is 10.8. The monoisotopic (exact) mass is 540 g/mol. The van der Waals surface area contributed by atoms with Gasteiger partial charge in [0.25, 0.3) is 0 Å². The summed E-state index contributed by atoms with van der Waals surface area (Å²) in [6, 6.07) is 1.36. The predicted octanol–water partition coefficient (Wildman–Crippen LogP) is 11.5. The van der Waals surface area contributed by atoms with Crippen molar-refractivity contribution >= 4 is 14.3 Å². The summed E-state index contributed by atoms with van der Waals surface area (Å²) in [4.78, 5) is 11.1. The molecule has 0 aliphatic heterocycles. The van der Waals surface area contributed by atoms with Crippen molar-refractivity contribution in [2.24, 2.45) is 0 Å². The first kappa shape index (κ1) is 36.6. The van der Waals surface area contributed by atoms with E-state index in [0.29, 0.717) is 11.5 Å². The lowest BCUT2D eigenvalue weighted by atomic mass is 9.89. The van der Waals surface area contributed by atoms with Crippen molar-refractivity contribution < 1.29 is 14.0 Å². The standard InChI is InChI=1S/C33H68O3Si/c1-7-11-27-33(28-12-8-2,29-13-9-3)37(6,31-14-10-4)36-30-25-23-21-19-17-15-16-18-20-22-24-26-32(34)35-5/h7-31H2,1-6H3. The first-order valence-electron chi connectivity index (χ1n) is 16.7. The number of esters is 1. The smallest absolute Gasteiger partial charge is 0.305 e. The van der Waals surface area contributed by atoms with Crippen LogP contribution >= 0.6 is 0 Å². The van der Waals surface area contributed by atoms with E-state index in [4.69, 9.17) is 9.16 Å². The van der Waals surface area contributed by atoms with Crippen LogP contribution in [0.5, 0.6) is 0 Å². The highest BCUT2D eigenvalue weighted by molar-refractivity contribution is 6.75. The second-order valence-electron chi connectivity index (χ2n) is 12.0. The fraction of sp³-hybridized carbons (Fsp3) is 0.970. The van der Waals surface area contributed by atoms with E-state index >= 15 is 0 Å². The molecule has 0 bridgehead atoms. The topological polar surface area (TPSA) is 35.5 Å². The molecule has 0 aromatic heterocycles. The highest BCUT2D eigenvalue weighted by atomic mass is 28.4. The first-order valence-corrected chi connectivity index (χ1v) is 19.3. The zero-order valence-electron chi connectivity index (χ0n) is 26.4. The van der Waals surface area contributed by atoms with Gasteiger partial charge in [-0.15, -0.1) is 0 Å². The molecule has 0 heterocycles. The average molecular weight is 541 g/mol. The maximum atomic E-state index is 11.1. The Hall–Kier alpha value is -0.353. The number of hydrogen-bond donors (Lipinski definition) is 0. The SMILES string of the molecule is CCCCC(CCCC)(CCCC)[Si](C)(CCCC)OCCCCCCCCCCCCCC(=O)OC. The van der Waals surface area contributed by atoms with Gasteiger partial charge in [-0.1, -0.05) is 137 Å². The summed E-state index contributed by atoms with van der Waals surface area (Å²) in [5.74, 6) is -0.0675. The molecular formula is C33H68O3Si. The molecule has 0 aliphatic carbocycles. The zero-order valence-corrected chi connectivity index (χ0v) is 27.4. The molecule has 0 fully saturated rings. The third-order valence-corrected chi connectivity index (χ3v) is 14.0. The van der Waals surface area contributed by atoms with E-state index in [-0.39, 0.29) is 5.97 Å². The van der Waals surface area contributed by atoms with Crippen molar-refractivity contribution in [1.29, 1.82) is 0 Å². The van der Waals surface area contributed by atoms with Crippen LogP contribution in [0.25, 0.3) is 0 Å². The molecule has 0 rings (SSSR count). The number of rotatable bonds is 28. The number of unbranched alkanes of at least 4 members (excludes halogenated alkanes) is 14. The number of carbonyl (C=O) groups excluding carboxylic acids is 1. The van der Waals surface area contributed by atoms with Crippen LogP contribution in [-0.2, 0) is 14.0 Å². The van der Waals surface area contributed by atoms with Crippen molar-refractivity contribution in [3.8, 4) is 0 Å². The largest absolute Gasteiger partial charge is 0.469 e. The van der Waals surface area contributed by atoms with Crippen LogP contribution in [0.1, 0.15) is 175 Å². The molecule has 0 saturated heterocycles. The summed E-state index contributed by atoms with van der Waals surface area (Å²) in [7, 11) is -0.320. The van der Waals surface area contributed by atoms with Crippen LogP contribution in [-0.4, -0.2) is 28.0 Å². The van der Waals surface area contributed by atoms with E-state index in [1.807, 2.05) is 0 Å². The fourth-order valence-electron chi connectivity index (χ4n) is 6.08. The molecule has 1 unspecified atom stereocenters. The summed E-state index contributed by atoms with van der Waals surface area (Å²) in [5.41, 5.74) is 0. The maximum Gasteiger partial charge on any atom is 0.305 e. The molecule has 222 valence electrons. The molecule has 0 radical (unpaired) electrons. The Labute approximate surface area is 234 Å². The minimum Gasteiger partial charge on any atom is -0.469 e. The molecule has 0 aromatic rings. The van der Waals surface area contributed by atoms with E-state index in [1.165, 1.54) is 142 Å². The Morgan fingerprint density at radius 3 is 1.41 bits per heavy atom. The minimum atomic E-state index is -1.80. The predicted molar refractivity (Wildman–Crippen MR) is 166 cm³/mol. The lowest BCUT2D eigenvalue weighted by molar-refractivity contribution is -0.140.